The van der Waals surface area contributed by atoms with Gasteiger partial charge in [0.2, 0.25) is 5.91 Å². The van der Waals surface area contributed by atoms with Crippen molar-refractivity contribution < 1.29 is 4.79 Å². The van der Waals surface area contributed by atoms with Crippen molar-refractivity contribution in [2.75, 3.05) is 20.1 Å². The topological polar surface area (TPSA) is 23.6 Å². The quantitative estimate of drug-likeness (QED) is 0.750. The molecule has 2 aliphatic heterocycles. The van der Waals surface area contributed by atoms with E-state index in [-0.39, 0.29) is 0 Å². The standard InChI is InChI=1S/C15H26N2O/c1-16-10-4-8-13(16)14-9-5-11-17(14)15(18)12-6-2-3-7-12/h12-14H,2-11H2,1H3/t13-,14+/m1/s1. The monoisotopic (exact) mass is 250 g/mol. The van der Waals surface area contributed by atoms with Gasteiger partial charge >= 0.3 is 0 Å². The van der Waals surface area contributed by atoms with Gasteiger partial charge in [0.15, 0.2) is 0 Å². The van der Waals surface area contributed by atoms with Gasteiger partial charge in [-0.2, -0.15) is 0 Å². The lowest BCUT2D eigenvalue weighted by atomic mass is 10.0. The third-order valence-corrected chi connectivity index (χ3v) is 5.31. The van der Waals surface area contributed by atoms with Crippen LogP contribution in [0.15, 0.2) is 0 Å². The second-order valence-electron chi connectivity index (χ2n) is 6.41. The van der Waals surface area contributed by atoms with Crippen molar-refractivity contribution in [1.82, 2.24) is 9.80 Å². The Balaban J connectivity index is 1.68. The zero-order chi connectivity index (χ0) is 12.5. The van der Waals surface area contributed by atoms with E-state index in [4.69, 9.17) is 0 Å². The molecule has 2 saturated heterocycles. The molecule has 1 amide bonds. The number of likely N-dealkylation sites (N-methyl/N-ethyl adjacent to an activating group) is 1. The van der Waals surface area contributed by atoms with Crippen molar-refractivity contribution in [2.24, 2.45) is 5.92 Å². The van der Waals surface area contributed by atoms with E-state index in [0.29, 0.717) is 23.9 Å². The summed E-state index contributed by atoms with van der Waals surface area (Å²) in [7, 11) is 2.23. The summed E-state index contributed by atoms with van der Waals surface area (Å²) in [5.41, 5.74) is 0. The first-order valence-corrected chi connectivity index (χ1v) is 7.78. The number of rotatable bonds is 2. The zero-order valence-corrected chi connectivity index (χ0v) is 11.6. The van der Waals surface area contributed by atoms with E-state index in [1.54, 1.807) is 0 Å². The third-order valence-electron chi connectivity index (χ3n) is 5.31. The molecule has 3 heteroatoms. The fraction of sp³-hybridized carbons (Fsp3) is 0.933. The number of nitrogens with zero attached hydrogens (tertiary/aromatic N) is 2. The van der Waals surface area contributed by atoms with Crippen molar-refractivity contribution in [3.05, 3.63) is 0 Å². The first kappa shape index (κ1) is 12.5. The number of likely N-dealkylation sites (tertiary alicyclic amines) is 2. The fourth-order valence-corrected chi connectivity index (χ4v) is 4.30. The molecule has 2 atom stereocenters. The number of carbonyl (C=O) groups excluding carboxylic acids is 1. The highest BCUT2D eigenvalue weighted by Gasteiger charge is 2.40. The molecule has 1 saturated carbocycles. The predicted octanol–water partition coefficient (Wildman–Crippen LogP) is 2.26. The molecule has 0 radical (unpaired) electrons. The maximum Gasteiger partial charge on any atom is 0.225 e. The third kappa shape index (κ3) is 2.18. The minimum Gasteiger partial charge on any atom is -0.338 e. The zero-order valence-electron chi connectivity index (χ0n) is 11.6. The van der Waals surface area contributed by atoms with E-state index in [0.717, 1.165) is 19.4 Å². The summed E-state index contributed by atoms with van der Waals surface area (Å²) in [6, 6.07) is 1.16. The van der Waals surface area contributed by atoms with Gasteiger partial charge in [-0.3, -0.25) is 4.79 Å². The van der Waals surface area contributed by atoms with Crippen LogP contribution in [-0.4, -0.2) is 47.9 Å². The van der Waals surface area contributed by atoms with Crippen LogP contribution < -0.4 is 0 Å². The molecule has 3 aliphatic rings. The minimum atomic E-state index is 0.359. The lowest BCUT2D eigenvalue weighted by molar-refractivity contribution is -0.137. The van der Waals surface area contributed by atoms with Crippen LogP contribution in [0.25, 0.3) is 0 Å². The number of hydrogen-bond acceptors (Lipinski definition) is 2. The fourth-order valence-electron chi connectivity index (χ4n) is 4.30. The minimum absolute atomic E-state index is 0.359. The highest BCUT2D eigenvalue weighted by atomic mass is 16.2. The Labute approximate surface area is 111 Å². The molecule has 0 aromatic rings. The van der Waals surface area contributed by atoms with Gasteiger partial charge in [0, 0.05) is 24.5 Å². The molecule has 0 bridgehead atoms. The molecule has 0 aromatic heterocycles. The molecule has 18 heavy (non-hydrogen) atoms. The Morgan fingerprint density at radius 3 is 2.22 bits per heavy atom. The van der Waals surface area contributed by atoms with Crippen LogP contribution in [-0.2, 0) is 4.79 Å². The van der Waals surface area contributed by atoms with Crippen LogP contribution in [0.3, 0.4) is 0 Å². The van der Waals surface area contributed by atoms with Crippen LogP contribution in [0.5, 0.6) is 0 Å². The highest BCUT2D eigenvalue weighted by molar-refractivity contribution is 5.79. The number of hydrogen-bond donors (Lipinski definition) is 0. The Hall–Kier alpha value is -0.570. The first-order valence-electron chi connectivity index (χ1n) is 7.78. The van der Waals surface area contributed by atoms with Gasteiger partial charge in [0.1, 0.15) is 0 Å². The van der Waals surface area contributed by atoms with Gasteiger partial charge in [0.05, 0.1) is 0 Å². The molecule has 0 unspecified atom stereocenters. The molecular weight excluding hydrogens is 224 g/mol. The van der Waals surface area contributed by atoms with E-state index in [1.807, 2.05) is 0 Å². The molecule has 3 fully saturated rings. The molecular formula is C15H26N2O. The van der Waals surface area contributed by atoms with Crippen molar-refractivity contribution in [2.45, 2.75) is 63.5 Å². The predicted molar refractivity (Wildman–Crippen MR) is 72.3 cm³/mol. The largest absolute Gasteiger partial charge is 0.338 e. The molecule has 0 spiro atoms. The summed E-state index contributed by atoms with van der Waals surface area (Å²) >= 11 is 0. The van der Waals surface area contributed by atoms with Crippen LogP contribution in [0.2, 0.25) is 0 Å². The molecule has 102 valence electrons. The summed E-state index contributed by atoms with van der Waals surface area (Å²) in [4.78, 5) is 17.4. The Bertz CT molecular complexity index is 312. The second-order valence-corrected chi connectivity index (χ2v) is 6.41. The molecule has 3 rings (SSSR count). The Morgan fingerprint density at radius 1 is 0.889 bits per heavy atom. The first-order chi connectivity index (χ1) is 8.77. The van der Waals surface area contributed by atoms with Crippen LogP contribution >= 0.6 is 0 Å². The van der Waals surface area contributed by atoms with Crippen LogP contribution in [0.4, 0.5) is 0 Å². The molecule has 2 heterocycles. The van der Waals surface area contributed by atoms with Gasteiger partial charge in [0.25, 0.3) is 0 Å². The maximum absolute atomic E-state index is 12.6. The second kappa shape index (κ2) is 5.20. The van der Waals surface area contributed by atoms with Crippen LogP contribution in [0.1, 0.15) is 51.4 Å². The van der Waals surface area contributed by atoms with E-state index < -0.39 is 0 Å². The number of carbonyl (C=O) groups is 1. The van der Waals surface area contributed by atoms with Crippen molar-refractivity contribution in [3.8, 4) is 0 Å². The van der Waals surface area contributed by atoms with Gasteiger partial charge in [-0.05, 0) is 52.1 Å². The van der Waals surface area contributed by atoms with Crippen LogP contribution in [0, 0.1) is 5.92 Å². The van der Waals surface area contributed by atoms with Crippen molar-refractivity contribution >= 4 is 5.91 Å². The van der Waals surface area contributed by atoms with Gasteiger partial charge in [-0.15, -0.1) is 0 Å². The maximum atomic E-state index is 12.6. The molecule has 3 nitrogen and oxygen atoms in total. The highest BCUT2D eigenvalue weighted by Crippen LogP contribution is 2.33. The van der Waals surface area contributed by atoms with Crippen molar-refractivity contribution in [1.29, 1.82) is 0 Å². The molecule has 0 N–H and O–H groups in total. The Kier molecular flexibility index (Phi) is 3.60. The summed E-state index contributed by atoms with van der Waals surface area (Å²) in [6.07, 6.45) is 9.85. The smallest absolute Gasteiger partial charge is 0.225 e. The number of amides is 1. The van der Waals surface area contributed by atoms with Crippen molar-refractivity contribution in [3.63, 3.8) is 0 Å². The average molecular weight is 250 g/mol. The van der Waals surface area contributed by atoms with E-state index in [1.165, 1.54) is 45.1 Å². The normalized spacial score (nSPS) is 34.6. The summed E-state index contributed by atoms with van der Waals surface area (Å²) in [5.74, 6) is 0.840. The van der Waals surface area contributed by atoms with Gasteiger partial charge in [-0.1, -0.05) is 12.8 Å². The van der Waals surface area contributed by atoms with Gasteiger partial charge < -0.3 is 9.80 Å². The summed E-state index contributed by atoms with van der Waals surface area (Å²) in [5, 5.41) is 0. The average Bonchev–Trinajstić information content (AvgIpc) is 3.09. The lowest BCUT2D eigenvalue weighted by Gasteiger charge is -2.34. The van der Waals surface area contributed by atoms with E-state index in [2.05, 4.69) is 16.8 Å². The summed E-state index contributed by atoms with van der Waals surface area (Å²) < 4.78 is 0. The van der Waals surface area contributed by atoms with E-state index >= 15 is 0 Å². The lowest BCUT2D eigenvalue weighted by Crippen LogP contribution is -2.48. The molecule has 1 aliphatic carbocycles. The summed E-state index contributed by atoms with van der Waals surface area (Å²) in [6.45, 7) is 2.23. The molecule has 0 aromatic carbocycles. The van der Waals surface area contributed by atoms with Gasteiger partial charge in [-0.25, -0.2) is 0 Å². The SMILES string of the molecule is CN1CCC[C@@H]1[C@@H]1CCCN1C(=O)C1CCCC1. The van der Waals surface area contributed by atoms with E-state index in [9.17, 15) is 4.79 Å². The Morgan fingerprint density at radius 2 is 1.56 bits per heavy atom.